The minimum atomic E-state index is -0.0581. The van der Waals surface area contributed by atoms with E-state index in [1.54, 1.807) is 7.11 Å². The molecule has 1 aliphatic rings. The van der Waals surface area contributed by atoms with Gasteiger partial charge in [-0.05, 0) is 32.4 Å². The van der Waals surface area contributed by atoms with Crippen molar-refractivity contribution < 1.29 is 14.3 Å². The first-order valence-corrected chi connectivity index (χ1v) is 7.25. The molecular formula is C16H23NO3. The highest BCUT2D eigenvalue weighted by molar-refractivity contribution is 5.72. The van der Waals surface area contributed by atoms with Crippen LogP contribution in [0.2, 0.25) is 0 Å². The average Bonchev–Trinajstić information content (AvgIpc) is 2.48. The van der Waals surface area contributed by atoms with Gasteiger partial charge in [0.25, 0.3) is 0 Å². The van der Waals surface area contributed by atoms with Gasteiger partial charge < -0.3 is 9.47 Å². The molecule has 1 saturated heterocycles. The molecule has 4 heteroatoms. The van der Waals surface area contributed by atoms with Crippen LogP contribution in [0.3, 0.4) is 0 Å². The van der Waals surface area contributed by atoms with Crippen molar-refractivity contribution in [1.29, 1.82) is 0 Å². The molecule has 2 rings (SSSR count). The zero-order valence-corrected chi connectivity index (χ0v) is 12.3. The lowest BCUT2D eigenvalue weighted by molar-refractivity contribution is -0.150. The monoisotopic (exact) mass is 277 g/mol. The Morgan fingerprint density at radius 1 is 1.40 bits per heavy atom. The Labute approximate surface area is 120 Å². The van der Waals surface area contributed by atoms with Gasteiger partial charge in [0.2, 0.25) is 0 Å². The van der Waals surface area contributed by atoms with Gasteiger partial charge in [-0.3, -0.25) is 9.69 Å². The molecule has 1 aromatic rings. The fourth-order valence-corrected chi connectivity index (χ4v) is 2.73. The van der Waals surface area contributed by atoms with Crippen LogP contribution in [0.15, 0.2) is 24.3 Å². The highest BCUT2D eigenvalue weighted by atomic mass is 16.5. The van der Waals surface area contributed by atoms with Crippen LogP contribution in [0.25, 0.3) is 0 Å². The molecule has 0 amide bonds. The number of ether oxygens (including phenoxy) is 2. The van der Waals surface area contributed by atoms with Gasteiger partial charge >= 0.3 is 5.97 Å². The second kappa shape index (κ2) is 7.29. The number of carbonyl (C=O) groups excluding carboxylic acids is 1. The second-order valence-corrected chi connectivity index (χ2v) is 5.14. The maximum atomic E-state index is 11.8. The summed E-state index contributed by atoms with van der Waals surface area (Å²) in [5.74, 6) is 0.862. The van der Waals surface area contributed by atoms with Crippen molar-refractivity contribution >= 4 is 5.97 Å². The van der Waals surface area contributed by atoms with E-state index in [1.165, 1.54) is 5.56 Å². The van der Waals surface area contributed by atoms with Crippen LogP contribution in [-0.2, 0) is 16.1 Å². The smallest absolute Gasteiger partial charge is 0.310 e. The quantitative estimate of drug-likeness (QED) is 0.775. The zero-order valence-electron chi connectivity index (χ0n) is 12.3. The first-order chi connectivity index (χ1) is 9.74. The molecule has 0 aliphatic carbocycles. The van der Waals surface area contributed by atoms with Crippen molar-refractivity contribution in [2.75, 3.05) is 26.8 Å². The molecular weight excluding hydrogens is 254 g/mol. The molecule has 0 bridgehead atoms. The van der Waals surface area contributed by atoms with Crippen molar-refractivity contribution in [3.8, 4) is 5.75 Å². The molecule has 0 radical (unpaired) electrons. The zero-order chi connectivity index (χ0) is 14.4. The lowest BCUT2D eigenvalue weighted by atomic mass is 9.97. The molecule has 1 heterocycles. The predicted molar refractivity (Wildman–Crippen MR) is 77.6 cm³/mol. The molecule has 0 unspecified atom stereocenters. The number of hydrogen-bond donors (Lipinski definition) is 0. The Morgan fingerprint density at radius 2 is 2.20 bits per heavy atom. The fraction of sp³-hybridized carbons (Fsp3) is 0.562. The number of hydrogen-bond acceptors (Lipinski definition) is 4. The van der Waals surface area contributed by atoms with E-state index in [2.05, 4.69) is 11.0 Å². The van der Waals surface area contributed by atoms with Crippen LogP contribution >= 0.6 is 0 Å². The van der Waals surface area contributed by atoms with E-state index in [1.807, 2.05) is 25.1 Å². The highest BCUT2D eigenvalue weighted by Gasteiger charge is 2.27. The van der Waals surface area contributed by atoms with Gasteiger partial charge in [-0.1, -0.05) is 18.2 Å². The minimum absolute atomic E-state index is 0.0124. The van der Waals surface area contributed by atoms with Crippen molar-refractivity contribution in [3.63, 3.8) is 0 Å². The number of methoxy groups -OCH3 is 1. The molecule has 1 aliphatic heterocycles. The molecule has 4 nitrogen and oxygen atoms in total. The third kappa shape index (κ3) is 3.73. The molecule has 0 N–H and O–H groups in total. The van der Waals surface area contributed by atoms with Crippen LogP contribution in [0.1, 0.15) is 25.3 Å². The van der Waals surface area contributed by atoms with Crippen molar-refractivity contribution in [3.05, 3.63) is 29.8 Å². The number of piperidine rings is 1. The van der Waals surface area contributed by atoms with Gasteiger partial charge in [0.15, 0.2) is 0 Å². The molecule has 110 valence electrons. The standard InChI is InChI=1S/C16H23NO3/c1-3-20-16(18)14-8-6-10-17(12-14)11-13-7-4-5-9-15(13)19-2/h4-5,7,9,14H,3,6,8,10-12H2,1-2H3/t14-/m0/s1. The van der Waals surface area contributed by atoms with E-state index in [4.69, 9.17) is 9.47 Å². The summed E-state index contributed by atoms with van der Waals surface area (Å²) in [7, 11) is 1.69. The largest absolute Gasteiger partial charge is 0.496 e. The predicted octanol–water partition coefficient (Wildman–Crippen LogP) is 2.47. The summed E-state index contributed by atoms with van der Waals surface area (Å²) in [5.41, 5.74) is 1.17. The molecule has 0 aromatic heterocycles. The molecule has 1 aromatic carbocycles. The number of likely N-dealkylation sites (tertiary alicyclic amines) is 1. The summed E-state index contributed by atoms with van der Waals surface area (Å²) < 4.78 is 10.5. The lowest BCUT2D eigenvalue weighted by Crippen LogP contribution is -2.39. The second-order valence-electron chi connectivity index (χ2n) is 5.14. The van der Waals surface area contributed by atoms with E-state index < -0.39 is 0 Å². The number of carbonyl (C=O) groups is 1. The Balaban J connectivity index is 1.97. The number of nitrogens with zero attached hydrogens (tertiary/aromatic N) is 1. The SMILES string of the molecule is CCOC(=O)[C@H]1CCCN(Cc2ccccc2OC)C1. The Morgan fingerprint density at radius 3 is 2.95 bits per heavy atom. The van der Waals surface area contributed by atoms with E-state index >= 15 is 0 Å². The van der Waals surface area contributed by atoms with Crippen molar-refractivity contribution in [2.45, 2.75) is 26.3 Å². The number of rotatable bonds is 5. The maximum absolute atomic E-state index is 11.8. The van der Waals surface area contributed by atoms with Crippen LogP contribution < -0.4 is 4.74 Å². The Bertz CT molecular complexity index is 447. The van der Waals surface area contributed by atoms with E-state index in [0.29, 0.717) is 6.61 Å². The fourth-order valence-electron chi connectivity index (χ4n) is 2.73. The molecule has 0 spiro atoms. The van der Waals surface area contributed by atoms with Gasteiger partial charge in [-0.15, -0.1) is 0 Å². The summed E-state index contributed by atoms with van der Waals surface area (Å²) in [6.07, 6.45) is 1.97. The molecule has 1 fully saturated rings. The summed E-state index contributed by atoms with van der Waals surface area (Å²) >= 11 is 0. The number of benzene rings is 1. The van der Waals surface area contributed by atoms with Gasteiger partial charge in [0.05, 0.1) is 19.6 Å². The molecule has 0 saturated carbocycles. The van der Waals surface area contributed by atoms with Crippen molar-refractivity contribution in [2.24, 2.45) is 5.92 Å². The lowest BCUT2D eigenvalue weighted by Gasteiger charge is -2.31. The molecule has 20 heavy (non-hydrogen) atoms. The number of esters is 1. The van der Waals surface area contributed by atoms with Crippen LogP contribution in [-0.4, -0.2) is 37.7 Å². The first-order valence-electron chi connectivity index (χ1n) is 7.25. The summed E-state index contributed by atoms with van der Waals surface area (Å²) in [6, 6.07) is 8.04. The summed E-state index contributed by atoms with van der Waals surface area (Å²) in [4.78, 5) is 14.2. The third-order valence-electron chi connectivity index (χ3n) is 3.71. The van der Waals surface area contributed by atoms with Gasteiger partial charge in [-0.25, -0.2) is 0 Å². The highest BCUT2D eigenvalue weighted by Crippen LogP contribution is 2.23. The van der Waals surface area contributed by atoms with E-state index in [0.717, 1.165) is 38.2 Å². The summed E-state index contributed by atoms with van der Waals surface area (Å²) in [6.45, 7) is 4.93. The number of para-hydroxylation sites is 1. The van der Waals surface area contributed by atoms with Crippen molar-refractivity contribution in [1.82, 2.24) is 4.90 Å². The Kier molecular flexibility index (Phi) is 5.41. The minimum Gasteiger partial charge on any atom is -0.496 e. The topological polar surface area (TPSA) is 38.8 Å². The maximum Gasteiger partial charge on any atom is 0.310 e. The van der Waals surface area contributed by atoms with Crippen LogP contribution in [0, 0.1) is 5.92 Å². The van der Waals surface area contributed by atoms with Gasteiger partial charge in [0.1, 0.15) is 5.75 Å². The average molecular weight is 277 g/mol. The Hall–Kier alpha value is -1.55. The first kappa shape index (κ1) is 14.9. The van der Waals surface area contributed by atoms with E-state index in [-0.39, 0.29) is 11.9 Å². The van der Waals surface area contributed by atoms with Crippen LogP contribution in [0.5, 0.6) is 5.75 Å². The van der Waals surface area contributed by atoms with Crippen LogP contribution in [0.4, 0.5) is 0 Å². The normalized spacial score (nSPS) is 19.6. The van der Waals surface area contributed by atoms with Gasteiger partial charge in [0, 0.05) is 18.7 Å². The third-order valence-corrected chi connectivity index (χ3v) is 3.71. The molecule has 1 atom stereocenters. The summed E-state index contributed by atoms with van der Waals surface area (Å²) in [5, 5.41) is 0. The van der Waals surface area contributed by atoms with Gasteiger partial charge in [-0.2, -0.15) is 0 Å². The van der Waals surface area contributed by atoms with E-state index in [9.17, 15) is 4.79 Å².